The van der Waals surface area contributed by atoms with Gasteiger partial charge in [-0.1, -0.05) is 33.6 Å². The van der Waals surface area contributed by atoms with E-state index in [0.717, 1.165) is 23.8 Å². The van der Waals surface area contributed by atoms with E-state index >= 15 is 0 Å². The molecule has 0 aromatic carbocycles. The van der Waals surface area contributed by atoms with Gasteiger partial charge < -0.3 is 4.90 Å². The third kappa shape index (κ3) is 2.38. The van der Waals surface area contributed by atoms with Gasteiger partial charge in [0.2, 0.25) is 0 Å². The topological polar surface area (TPSA) is 3.24 Å². The van der Waals surface area contributed by atoms with Crippen molar-refractivity contribution < 1.29 is 0 Å². The quantitative estimate of drug-likeness (QED) is 0.687. The standard InChI is InChI=1S/C14H27N/c1-4-12-10-15(13-6-5-7-13)9-8-14(12)11(2)3/h11-14H,4-10H2,1-3H3/t12-,14-/m1/s1. The first-order valence-electron chi connectivity index (χ1n) is 6.96. The highest BCUT2D eigenvalue weighted by Gasteiger charge is 2.34. The van der Waals surface area contributed by atoms with Crippen LogP contribution in [0.1, 0.15) is 52.9 Å². The van der Waals surface area contributed by atoms with Crippen LogP contribution < -0.4 is 0 Å². The summed E-state index contributed by atoms with van der Waals surface area (Å²) < 4.78 is 0. The van der Waals surface area contributed by atoms with Gasteiger partial charge in [-0.2, -0.15) is 0 Å². The molecular weight excluding hydrogens is 182 g/mol. The lowest BCUT2D eigenvalue weighted by molar-refractivity contribution is 0.0312. The molecule has 0 N–H and O–H groups in total. The second-order valence-corrected chi connectivity index (χ2v) is 5.94. The minimum atomic E-state index is 0.887. The first-order chi connectivity index (χ1) is 7.22. The average Bonchev–Trinajstić information content (AvgIpc) is 2.14. The molecule has 88 valence electrons. The van der Waals surface area contributed by atoms with E-state index in [-0.39, 0.29) is 0 Å². The molecule has 2 rings (SSSR count). The predicted molar refractivity (Wildman–Crippen MR) is 65.9 cm³/mol. The molecule has 1 saturated carbocycles. The van der Waals surface area contributed by atoms with Gasteiger partial charge in [0.1, 0.15) is 0 Å². The lowest BCUT2D eigenvalue weighted by atomic mass is 9.75. The van der Waals surface area contributed by atoms with E-state index in [1.54, 1.807) is 0 Å². The molecule has 1 saturated heterocycles. The van der Waals surface area contributed by atoms with Gasteiger partial charge >= 0.3 is 0 Å². The van der Waals surface area contributed by atoms with E-state index in [4.69, 9.17) is 0 Å². The zero-order chi connectivity index (χ0) is 10.8. The van der Waals surface area contributed by atoms with Crippen LogP contribution in [0.2, 0.25) is 0 Å². The van der Waals surface area contributed by atoms with Gasteiger partial charge in [-0.15, -0.1) is 0 Å². The third-order valence-corrected chi connectivity index (χ3v) is 4.80. The van der Waals surface area contributed by atoms with E-state index in [9.17, 15) is 0 Å². The van der Waals surface area contributed by atoms with Gasteiger partial charge in [-0.3, -0.25) is 0 Å². The molecular formula is C14H27N. The van der Waals surface area contributed by atoms with Crippen LogP contribution in [0.4, 0.5) is 0 Å². The monoisotopic (exact) mass is 209 g/mol. The van der Waals surface area contributed by atoms with Crippen molar-refractivity contribution in [1.82, 2.24) is 4.90 Å². The largest absolute Gasteiger partial charge is 0.300 e. The second-order valence-electron chi connectivity index (χ2n) is 5.94. The molecule has 2 fully saturated rings. The summed E-state index contributed by atoms with van der Waals surface area (Å²) in [4.78, 5) is 2.79. The number of rotatable bonds is 3. The second kappa shape index (κ2) is 4.86. The first kappa shape index (κ1) is 11.4. The van der Waals surface area contributed by atoms with Gasteiger partial charge in [0.15, 0.2) is 0 Å². The molecule has 0 aromatic heterocycles. The zero-order valence-corrected chi connectivity index (χ0v) is 10.7. The van der Waals surface area contributed by atoms with Crippen LogP contribution in [0, 0.1) is 17.8 Å². The van der Waals surface area contributed by atoms with Crippen LogP contribution in [-0.4, -0.2) is 24.0 Å². The Kier molecular flexibility index (Phi) is 3.71. The van der Waals surface area contributed by atoms with Crippen molar-refractivity contribution in [2.24, 2.45) is 17.8 Å². The number of hydrogen-bond donors (Lipinski definition) is 0. The maximum Gasteiger partial charge on any atom is 0.00953 e. The van der Waals surface area contributed by atoms with E-state index in [1.807, 2.05) is 0 Å². The van der Waals surface area contributed by atoms with Crippen molar-refractivity contribution in [3.05, 3.63) is 0 Å². The van der Waals surface area contributed by atoms with Crippen molar-refractivity contribution >= 4 is 0 Å². The molecule has 1 heteroatoms. The van der Waals surface area contributed by atoms with E-state index in [1.165, 1.54) is 45.2 Å². The summed E-state index contributed by atoms with van der Waals surface area (Å²) in [7, 11) is 0. The molecule has 0 amide bonds. The van der Waals surface area contributed by atoms with Gasteiger partial charge in [-0.05, 0) is 43.6 Å². The van der Waals surface area contributed by atoms with Gasteiger partial charge in [0, 0.05) is 12.6 Å². The smallest absolute Gasteiger partial charge is 0.00953 e. The Hall–Kier alpha value is -0.0400. The highest BCUT2D eigenvalue weighted by molar-refractivity contribution is 4.87. The molecule has 2 atom stereocenters. The van der Waals surface area contributed by atoms with E-state index in [2.05, 4.69) is 25.7 Å². The Morgan fingerprint density at radius 2 is 1.93 bits per heavy atom. The Labute approximate surface area is 95.2 Å². The Bertz CT molecular complexity index is 196. The number of likely N-dealkylation sites (tertiary alicyclic amines) is 1. The number of hydrogen-bond acceptors (Lipinski definition) is 1. The average molecular weight is 209 g/mol. The van der Waals surface area contributed by atoms with Crippen molar-refractivity contribution in [2.75, 3.05) is 13.1 Å². The highest BCUT2D eigenvalue weighted by atomic mass is 15.2. The third-order valence-electron chi connectivity index (χ3n) is 4.80. The van der Waals surface area contributed by atoms with Crippen molar-refractivity contribution in [1.29, 1.82) is 0 Å². The van der Waals surface area contributed by atoms with Gasteiger partial charge in [0.05, 0.1) is 0 Å². The van der Waals surface area contributed by atoms with Crippen LogP contribution in [0.25, 0.3) is 0 Å². The van der Waals surface area contributed by atoms with Crippen LogP contribution in [0.3, 0.4) is 0 Å². The lowest BCUT2D eigenvalue weighted by Crippen LogP contribution is -2.49. The molecule has 1 aliphatic carbocycles. The first-order valence-corrected chi connectivity index (χ1v) is 6.96. The fraction of sp³-hybridized carbons (Fsp3) is 1.00. The molecule has 2 aliphatic rings. The summed E-state index contributed by atoms with van der Waals surface area (Å²) in [5.41, 5.74) is 0. The summed E-state index contributed by atoms with van der Waals surface area (Å²) in [6.45, 7) is 9.97. The maximum atomic E-state index is 2.79. The van der Waals surface area contributed by atoms with Crippen LogP contribution in [0.15, 0.2) is 0 Å². The van der Waals surface area contributed by atoms with Crippen molar-refractivity contribution in [2.45, 2.75) is 58.9 Å². The summed E-state index contributed by atoms with van der Waals surface area (Å²) in [6, 6.07) is 0.965. The molecule has 0 radical (unpaired) electrons. The maximum absolute atomic E-state index is 2.79. The zero-order valence-electron chi connectivity index (χ0n) is 10.7. The van der Waals surface area contributed by atoms with Crippen molar-refractivity contribution in [3.8, 4) is 0 Å². The predicted octanol–water partition coefficient (Wildman–Crippen LogP) is 3.54. The summed E-state index contributed by atoms with van der Waals surface area (Å²) >= 11 is 0. The van der Waals surface area contributed by atoms with Crippen LogP contribution in [-0.2, 0) is 0 Å². The lowest BCUT2D eigenvalue weighted by Gasteiger charge is -2.46. The number of piperidine rings is 1. The minimum absolute atomic E-state index is 0.887. The van der Waals surface area contributed by atoms with E-state index in [0.29, 0.717) is 0 Å². The Morgan fingerprint density at radius 1 is 1.20 bits per heavy atom. The SMILES string of the molecule is CC[C@@H]1CN(C2CCC2)CC[C@@H]1C(C)C. The van der Waals surface area contributed by atoms with Crippen molar-refractivity contribution in [3.63, 3.8) is 0 Å². The Balaban J connectivity index is 1.90. The fourth-order valence-corrected chi connectivity index (χ4v) is 3.47. The van der Waals surface area contributed by atoms with E-state index < -0.39 is 0 Å². The van der Waals surface area contributed by atoms with Gasteiger partial charge in [0.25, 0.3) is 0 Å². The molecule has 0 aromatic rings. The molecule has 1 heterocycles. The fourth-order valence-electron chi connectivity index (χ4n) is 3.47. The molecule has 0 spiro atoms. The number of nitrogens with zero attached hydrogens (tertiary/aromatic N) is 1. The molecule has 0 unspecified atom stereocenters. The molecule has 0 bridgehead atoms. The van der Waals surface area contributed by atoms with Crippen LogP contribution >= 0.6 is 0 Å². The summed E-state index contributed by atoms with van der Waals surface area (Å²) in [6.07, 6.45) is 7.26. The normalized spacial score (nSPS) is 34.4. The summed E-state index contributed by atoms with van der Waals surface area (Å²) in [5.74, 6) is 2.85. The Morgan fingerprint density at radius 3 is 2.40 bits per heavy atom. The molecule has 15 heavy (non-hydrogen) atoms. The van der Waals surface area contributed by atoms with Crippen LogP contribution in [0.5, 0.6) is 0 Å². The molecule has 1 aliphatic heterocycles. The highest BCUT2D eigenvalue weighted by Crippen LogP contribution is 2.35. The summed E-state index contributed by atoms with van der Waals surface area (Å²) in [5, 5.41) is 0. The minimum Gasteiger partial charge on any atom is -0.300 e. The molecule has 1 nitrogen and oxygen atoms in total. The van der Waals surface area contributed by atoms with Gasteiger partial charge in [-0.25, -0.2) is 0 Å².